The van der Waals surface area contributed by atoms with Gasteiger partial charge >= 0.3 is 0 Å². The molecule has 0 unspecified atom stereocenters. The minimum Gasteiger partial charge on any atom is -0.367 e. The van der Waals surface area contributed by atoms with Crippen LogP contribution in [0.4, 0.5) is 18.9 Å². The molecule has 220 valence electrons. The second-order valence-electron chi connectivity index (χ2n) is 10.7. The molecule has 17 heteroatoms. The Morgan fingerprint density at radius 2 is 1.77 bits per heavy atom. The summed E-state index contributed by atoms with van der Waals surface area (Å²) in [5, 5.41) is 6.31. The smallest absolute Gasteiger partial charge is 0.291 e. The second-order valence-corrected chi connectivity index (χ2v) is 15.8. The summed E-state index contributed by atoms with van der Waals surface area (Å²) in [5.74, 6) is 0.117. The standard InChI is InChI=1S/C23H30F3N7O4S3/c1-13(2)40(36,37)33-14(3)9-31(10-15(33)4)17-7-16(39(34,35)30-23(12-24)5-6-23)11-32-18(17)8-27-20(32)22-29-28-21(38-22)19(25)26/h7-8,11,13-15,19,30H,5-6,9-10,12H2,1-4H3/t14-,15-/m0/s1. The number of nitrogens with one attached hydrogen (secondary N) is 1. The zero-order chi connectivity index (χ0) is 29.2. The molecular weight excluding hydrogens is 591 g/mol. The second kappa shape index (κ2) is 10.2. The highest BCUT2D eigenvalue weighted by molar-refractivity contribution is 7.90. The van der Waals surface area contributed by atoms with Gasteiger partial charge in [-0.05, 0) is 46.6 Å². The van der Waals surface area contributed by atoms with Gasteiger partial charge in [-0.1, -0.05) is 11.3 Å². The molecule has 1 aliphatic heterocycles. The molecule has 2 aliphatic rings. The molecule has 1 saturated carbocycles. The summed E-state index contributed by atoms with van der Waals surface area (Å²) in [6, 6.07) is 0.582. The van der Waals surface area contributed by atoms with E-state index >= 15 is 0 Å². The van der Waals surface area contributed by atoms with Gasteiger partial charge in [-0.15, -0.1) is 10.2 Å². The van der Waals surface area contributed by atoms with E-state index in [0.717, 1.165) is 0 Å². The van der Waals surface area contributed by atoms with Gasteiger partial charge < -0.3 is 4.90 Å². The molecule has 1 aliphatic carbocycles. The van der Waals surface area contributed by atoms with Gasteiger partial charge in [0.2, 0.25) is 20.0 Å². The maximum atomic E-state index is 13.6. The van der Waals surface area contributed by atoms with Gasteiger partial charge in [-0.25, -0.2) is 39.7 Å². The van der Waals surface area contributed by atoms with E-state index in [1.165, 1.54) is 27.2 Å². The van der Waals surface area contributed by atoms with Crippen LogP contribution >= 0.6 is 11.3 Å². The van der Waals surface area contributed by atoms with Gasteiger partial charge in [0.25, 0.3) is 6.43 Å². The van der Waals surface area contributed by atoms with Crippen LogP contribution in [0, 0.1) is 0 Å². The van der Waals surface area contributed by atoms with E-state index < -0.39 is 61.0 Å². The summed E-state index contributed by atoms with van der Waals surface area (Å²) in [6.45, 7) is 6.48. The summed E-state index contributed by atoms with van der Waals surface area (Å²) in [4.78, 5) is 6.06. The lowest BCUT2D eigenvalue weighted by molar-refractivity contribution is 0.150. The van der Waals surface area contributed by atoms with Crippen LogP contribution in [-0.4, -0.2) is 83.4 Å². The van der Waals surface area contributed by atoms with Crippen LogP contribution in [0.25, 0.3) is 16.3 Å². The highest BCUT2D eigenvalue weighted by Gasteiger charge is 2.47. The van der Waals surface area contributed by atoms with Crippen molar-refractivity contribution in [2.75, 3.05) is 24.7 Å². The molecule has 1 N–H and O–H groups in total. The molecule has 0 aromatic carbocycles. The van der Waals surface area contributed by atoms with Crippen LogP contribution in [0.3, 0.4) is 0 Å². The lowest BCUT2D eigenvalue weighted by Crippen LogP contribution is -2.60. The summed E-state index contributed by atoms with van der Waals surface area (Å²) in [5.41, 5.74) is -0.226. The molecule has 2 atom stereocenters. The van der Waals surface area contributed by atoms with Gasteiger partial charge in [-0.3, -0.25) is 4.40 Å². The molecule has 40 heavy (non-hydrogen) atoms. The minimum atomic E-state index is -4.20. The Labute approximate surface area is 234 Å². The molecule has 2 fully saturated rings. The fourth-order valence-corrected chi connectivity index (χ4v) is 8.81. The molecule has 0 amide bonds. The normalized spacial score (nSPS) is 22.1. The van der Waals surface area contributed by atoms with E-state index in [4.69, 9.17) is 0 Å². The Kier molecular flexibility index (Phi) is 7.42. The van der Waals surface area contributed by atoms with Crippen LogP contribution in [0.15, 0.2) is 23.4 Å². The van der Waals surface area contributed by atoms with Crippen molar-refractivity contribution in [2.24, 2.45) is 0 Å². The molecule has 3 aromatic heterocycles. The number of anilines is 1. The van der Waals surface area contributed by atoms with Crippen molar-refractivity contribution in [1.29, 1.82) is 0 Å². The zero-order valence-electron chi connectivity index (χ0n) is 22.3. The number of alkyl halides is 3. The van der Waals surface area contributed by atoms with Gasteiger partial charge in [0.05, 0.1) is 28.2 Å². The number of pyridine rings is 1. The SMILES string of the molecule is CC(C)S(=O)(=O)N1[C@@H](C)CN(c2cc(S(=O)(=O)NC3(CF)CC3)cn3c(-c4nnc(C(F)F)s4)ncc23)C[C@@H]1C. The van der Waals surface area contributed by atoms with Gasteiger partial charge in [0, 0.05) is 31.4 Å². The van der Waals surface area contributed by atoms with E-state index in [9.17, 15) is 30.0 Å². The predicted molar refractivity (Wildman–Crippen MR) is 144 cm³/mol. The Hall–Kier alpha value is -2.34. The molecule has 5 rings (SSSR count). The van der Waals surface area contributed by atoms with Crippen LogP contribution in [0.5, 0.6) is 0 Å². The fourth-order valence-electron chi connectivity index (χ4n) is 5.03. The first-order chi connectivity index (χ1) is 18.7. The van der Waals surface area contributed by atoms with Crippen LogP contribution in [-0.2, 0) is 20.0 Å². The van der Waals surface area contributed by atoms with Crippen molar-refractivity contribution >= 4 is 42.6 Å². The highest BCUT2D eigenvalue weighted by atomic mass is 32.2. The zero-order valence-corrected chi connectivity index (χ0v) is 24.7. The number of imidazole rings is 1. The van der Waals surface area contributed by atoms with Gasteiger partial charge in [0.1, 0.15) is 11.6 Å². The molecule has 3 aromatic rings. The number of sulfonamides is 2. The third-order valence-corrected chi connectivity index (χ3v) is 12.2. The van der Waals surface area contributed by atoms with Crippen LogP contribution < -0.4 is 9.62 Å². The van der Waals surface area contributed by atoms with E-state index in [1.54, 1.807) is 27.7 Å². The number of piperazine rings is 1. The lowest BCUT2D eigenvalue weighted by atomic mass is 10.1. The highest BCUT2D eigenvalue weighted by Crippen LogP contribution is 2.39. The van der Waals surface area contributed by atoms with E-state index in [0.29, 0.717) is 35.4 Å². The summed E-state index contributed by atoms with van der Waals surface area (Å²) >= 11 is 0.641. The Bertz CT molecular complexity index is 1630. The summed E-state index contributed by atoms with van der Waals surface area (Å²) in [6.07, 6.45) is 0.694. The average Bonchev–Trinajstić information content (AvgIpc) is 3.25. The maximum Gasteiger partial charge on any atom is 0.291 e. The van der Waals surface area contributed by atoms with Gasteiger partial charge in [0.15, 0.2) is 15.8 Å². The molecular formula is C23H30F3N7O4S3. The van der Waals surface area contributed by atoms with Crippen molar-refractivity contribution in [3.8, 4) is 10.8 Å². The molecule has 4 heterocycles. The topological polar surface area (TPSA) is 130 Å². The van der Waals surface area contributed by atoms with Crippen molar-refractivity contribution in [2.45, 2.75) is 74.7 Å². The maximum absolute atomic E-state index is 13.6. The summed E-state index contributed by atoms with van der Waals surface area (Å²) < 4.78 is 98.4. The molecule has 0 bridgehead atoms. The van der Waals surface area contributed by atoms with E-state index in [-0.39, 0.29) is 28.8 Å². The number of fused-ring (bicyclic) bond motifs is 1. The first-order valence-electron chi connectivity index (χ1n) is 12.7. The largest absolute Gasteiger partial charge is 0.367 e. The number of halogens is 3. The Morgan fingerprint density at radius 1 is 1.12 bits per heavy atom. The van der Waals surface area contributed by atoms with Gasteiger partial charge in [-0.2, -0.15) is 4.31 Å². The fraction of sp³-hybridized carbons (Fsp3) is 0.609. The van der Waals surface area contributed by atoms with Crippen molar-refractivity contribution < 1.29 is 30.0 Å². The number of rotatable bonds is 9. The molecule has 0 radical (unpaired) electrons. The predicted octanol–water partition coefficient (Wildman–Crippen LogP) is 3.21. The Balaban J connectivity index is 1.62. The Morgan fingerprint density at radius 3 is 2.30 bits per heavy atom. The van der Waals surface area contributed by atoms with Crippen LogP contribution in [0.2, 0.25) is 0 Å². The lowest BCUT2D eigenvalue weighted by Gasteiger charge is -2.45. The van der Waals surface area contributed by atoms with E-state index in [2.05, 4.69) is 19.9 Å². The first-order valence-corrected chi connectivity index (χ1v) is 16.5. The molecule has 1 saturated heterocycles. The molecule has 11 nitrogen and oxygen atoms in total. The third kappa shape index (κ3) is 5.10. The van der Waals surface area contributed by atoms with Crippen LogP contribution in [0.1, 0.15) is 52.0 Å². The van der Waals surface area contributed by atoms with Crippen molar-refractivity contribution in [3.63, 3.8) is 0 Å². The first kappa shape index (κ1) is 29.2. The minimum absolute atomic E-state index is 0.0701. The number of nitrogens with zero attached hydrogens (tertiary/aromatic N) is 6. The summed E-state index contributed by atoms with van der Waals surface area (Å²) in [7, 11) is -7.76. The van der Waals surface area contributed by atoms with E-state index in [1.807, 2.05) is 4.90 Å². The number of hydrogen-bond acceptors (Lipinski definition) is 9. The quantitative estimate of drug-likeness (QED) is 0.386. The third-order valence-electron chi connectivity index (χ3n) is 7.25. The monoisotopic (exact) mass is 621 g/mol. The average molecular weight is 622 g/mol. The molecule has 0 spiro atoms. The number of aromatic nitrogens is 4. The number of hydrogen-bond donors (Lipinski definition) is 1. The van der Waals surface area contributed by atoms with Crippen molar-refractivity contribution in [3.05, 3.63) is 23.5 Å². The van der Waals surface area contributed by atoms with Crippen molar-refractivity contribution in [1.82, 2.24) is 28.6 Å².